The second kappa shape index (κ2) is 5.28. The van der Waals surface area contributed by atoms with E-state index >= 15 is 0 Å². The van der Waals surface area contributed by atoms with Gasteiger partial charge in [-0.15, -0.1) is 0 Å². The van der Waals surface area contributed by atoms with E-state index in [2.05, 4.69) is 0 Å². The molecule has 0 aromatic heterocycles. The van der Waals surface area contributed by atoms with Crippen molar-refractivity contribution in [2.75, 3.05) is 32.1 Å². The van der Waals surface area contributed by atoms with Gasteiger partial charge < -0.3 is 10.6 Å². The standard InChI is InChI=1S/C11H18N2OS/c1-9-4-5-10(12)11(8-9)15(14)7-6-13(2)3/h4-5,8H,6-7,12H2,1-3H3. The molecular formula is C11H18N2OS. The molecule has 0 amide bonds. The molecule has 0 aliphatic carbocycles. The molecule has 2 N–H and O–H groups in total. The molecule has 15 heavy (non-hydrogen) atoms. The van der Waals surface area contributed by atoms with Crippen LogP contribution >= 0.6 is 0 Å². The summed E-state index contributed by atoms with van der Waals surface area (Å²) in [5.41, 5.74) is 7.51. The minimum atomic E-state index is -0.992. The number of hydrogen-bond donors (Lipinski definition) is 1. The number of nitrogen functional groups attached to an aromatic ring is 1. The molecule has 1 unspecified atom stereocenters. The van der Waals surface area contributed by atoms with Crippen molar-refractivity contribution in [1.29, 1.82) is 0 Å². The number of hydrogen-bond acceptors (Lipinski definition) is 3. The first-order chi connectivity index (χ1) is 7.00. The molecule has 1 aromatic carbocycles. The van der Waals surface area contributed by atoms with Crippen LogP contribution in [-0.2, 0) is 10.8 Å². The molecular weight excluding hydrogens is 208 g/mol. The second-order valence-corrected chi connectivity index (χ2v) is 5.43. The molecule has 0 aliphatic rings. The topological polar surface area (TPSA) is 46.3 Å². The summed E-state index contributed by atoms with van der Waals surface area (Å²) in [7, 11) is 2.95. The van der Waals surface area contributed by atoms with Crippen LogP contribution in [0.15, 0.2) is 23.1 Å². The first-order valence-corrected chi connectivity index (χ1v) is 6.22. The van der Waals surface area contributed by atoms with Crippen LogP contribution in [0, 0.1) is 6.92 Å². The van der Waals surface area contributed by atoms with E-state index in [9.17, 15) is 4.21 Å². The van der Waals surface area contributed by atoms with Gasteiger partial charge >= 0.3 is 0 Å². The molecule has 0 heterocycles. The van der Waals surface area contributed by atoms with Crippen molar-refractivity contribution in [1.82, 2.24) is 4.90 Å². The summed E-state index contributed by atoms with van der Waals surface area (Å²) in [6.07, 6.45) is 0. The molecule has 0 spiro atoms. The molecule has 0 aliphatic heterocycles. The first kappa shape index (κ1) is 12.2. The summed E-state index contributed by atoms with van der Waals surface area (Å²) in [5, 5.41) is 0. The van der Waals surface area contributed by atoms with Crippen LogP contribution in [0.5, 0.6) is 0 Å². The summed E-state index contributed by atoms with van der Waals surface area (Å²) in [6.45, 7) is 2.78. The summed E-state index contributed by atoms with van der Waals surface area (Å²) in [5.74, 6) is 0.626. The SMILES string of the molecule is Cc1ccc(N)c(S(=O)CCN(C)C)c1. The Bertz CT molecular complexity index is 364. The third-order valence-electron chi connectivity index (χ3n) is 2.14. The van der Waals surface area contributed by atoms with E-state index in [0.717, 1.165) is 17.0 Å². The first-order valence-electron chi connectivity index (χ1n) is 4.90. The Morgan fingerprint density at radius 3 is 2.67 bits per heavy atom. The second-order valence-electron chi connectivity index (χ2n) is 3.89. The molecule has 0 fully saturated rings. The molecule has 0 saturated heterocycles. The van der Waals surface area contributed by atoms with Crippen molar-refractivity contribution < 1.29 is 4.21 Å². The van der Waals surface area contributed by atoms with Gasteiger partial charge in [-0.2, -0.15) is 0 Å². The molecule has 0 radical (unpaired) electrons. The number of nitrogens with zero attached hydrogens (tertiary/aromatic N) is 1. The van der Waals surface area contributed by atoms with Crippen LogP contribution in [0.1, 0.15) is 5.56 Å². The average Bonchev–Trinajstić information content (AvgIpc) is 2.18. The highest BCUT2D eigenvalue weighted by atomic mass is 32.2. The van der Waals surface area contributed by atoms with Gasteiger partial charge in [0.05, 0.1) is 15.7 Å². The van der Waals surface area contributed by atoms with E-state index < -0.39 is 10.8 Å². The van der Waals surface area contributed by atoms with E-state index in [1.165, 1.54) is 0 Å². The molecule has 0 bridgehead atoms. The Morgan fingerprint density at radius 1 is 1.40 bits per heavy atom. The van der Waals surface area contributed by atoms with Gasteiger partial charge in [0.15, 0.2) is 0 Å². The lowest BCUT2D eigenvalue weighted by atomic mass is 10.2. The number of anilines is 1. The highest BCUT2D eigenvalue weighted by Gasteiger charge is 2.08. The van der Waals surface area contributed by atoms with Crippen molar-refractivity contribution >= 4 is 16.5 Å². The predicted octanol–water partition coefficient (Wildman–Crippen LogP) is 1.25. The molecule has 1 atom stereocenters. The zero-order chi connectivity index (χ0) is 11.4. The van der Waals surface area contributed by atoms with Crippen LogP contribution in [0.4, 0.5) is 5.69 Å². The van der Waals surface area contributed by atoms with Crippen LogP contribution in [-0.4, -0.2) is 35.5 Å². The van der Waals surface area contributed by atoms with E-state index in [-0.39, 0.29) is 0 Å². The lowest BCUT2D eigenvalue weighted by Gasteiger charge is -2.10. The zero-order valence-corrected chi connectivity index (χ0v) is 10.3. The highest BCUT2D eigenvalue weighted by molar-refractivity contribution is 7.85. The van der Waals surface area contributed by atoms with Crippen molar-refractivity contribution in [3.05, 3.63) is 23.8 Å². The minimum Gasteiger partial charge on any atom is -0.398 e. The van der Waals surface area contributed by atoms with Gasteiger partial charge in [-0.3, -0.25) is 4.21 Å². The number of benzene rings is 1. The fourth-order valence-corrected chi connectivity index (χ4v) is 2.61. The largest absolute Gasteiger partial charge is 0.398 e. The third-order valence-corrected chi connectivity index (χ3v) is 3.54. The Morgan fingerprint density at radius 2 is 2.07 bits per heavy atom. The van der Waals surface area contributed by atoms with Crippen LogP contribution in [0.2, 0.25) is 0 Å². The average molecular weight is 226 g/mol. The summed E-state index contributed by atoms with van der Waals surface area (Å²) >= 11 is 0. The van der Waals surface area contributed by atoms with Crippen LogP contribution in [0.3, 0.4) is 0 Å². The van der Waals surface area contributed by atoms with Gasteiger partial charge in [0.25, 0.3) is 0 Å². The van der Waals surface area contributed by atoms with Gasteiger partial charge in [0.2, 0.25) is 0 Å². The maximum atomic E-state index is 11.9. The number of aryl methyl sites for hydroxylation is 1. The van der Waals surface area contributed by atoms with Crippen molar-refractivity contribution in [2.24, 2.45) is 0 Å². The predicted molar refractivity (Wildman–Crippen MR) is 65.4 cm³/mol. The zero-order valence-electron chi connectivity index (χ0n) is 9.49. The van der Waals surface area contributed by atoms with Gasteiger partial charge in [-0.05, 0) is 38.7 Å². The summed E-state index contributed by atoms with van der Waals surface area (Å²) in [6, 6.07) is 5.65. The smallest absolute Gasteiger partial charge is 0.0620 e. The quantitative estimate of drug-likeness (QED) is 0.786. The number of rotatable bonds is 4. The number of nitrogens with two attached hydrogens (primary N) is 1. The fourth-order valence-electron chi connectivity index (χ4n) is 1.21. The van der Waals surface area contributed by atoms with Crippen LogP contribution < -0.4 is 5.73 Å². The van der Waals surface area contributed by atoms with Gasteiger partial charge in [-0.25, -0.2) is 0 Å². The monoisotopic (exact) mass is 226 g/mol. The maximum Gasteiger partial charge on any atom is 0.0620 e. The molecule has 84 valence electrons. The van der Waals surface area contributed by atoms with Crippen molar-refractivity contribution in [3.63, 3.8) is 0 Å². The Hall–Kier alpha value is -0.870. The third kappa shape index (κ3) is 3.64. The molecule has 4 heteroatoms. The Balaban J connectivity index is 2.77. The minimum absolute atomic E-state index is 0.623. The Labute approximate surface area is 93.7 Å². The summed E-state index contributed by atoms with van der Waals surface area (Å²) < 4.78 is 11.9. The van der Waals surface area contributed by atoms with Crippen molar-refractivity contribution in [3.8, 4) is 0 Å². The van der Waals surface area contributed by atoms with E-state index in [0.29, 0.717) is 11.4 Å². The maximum absolute atomic E-state index is 11.9. The van der Waals surface area contributed by atoms with E-state index in [4.69, 9.17) is 5.73 Å². The lowest BCUT2D eigenvalue weighted by Crippen LogP contribution is -2.19. The molecule has 3 nitrogen and oxygen atoms in total. The van der Waals surface area contributed by atoms with Gasteiger partial charge in [0, 0.05) is 18.0 Å². The highest BCUT2D eigenvalue weighted by Crippen LogP contribution is 2.17. The molecule has 1 rings (SSSR count). The normalized spacial score (nSPS) is 13.1. The Kier molecular flexibility index (Phi) is 4.29. The van der Waals surface area contributed by atoms with Crippen molar-refractivity contribution in [2.45, 2.75) is 11.8 Å². The van der Waals surface area contributed by atoms with E-state index in [1.807, 2.05) is 44.1 Å². The molecule has 0 saturated carbocycles. The molecule has 1 aromatic rings. The van der Waals surface area contributed by atoms with Gasteiger partial charge in [0.1, 0.15) is 0 Å². The van der Waals surface area contributed by atoms with Gasteiger partial charge in [-0.1, -0.05) is 6.07 Å². The fraction of sp³-hybridized carbons (Fsp3) is 0.455. The lowest BCUT2D eigenvalue weighted by molar-refractivity contribution is 0.435. The summed E-state index contributed by atoms with van der Waals surface area (Å²) in [4.78, 5) is 2.78. The van der Waals surface area contributed by atoms with E-state index in [1.54, 1.807) is 0 Å². The van der Waals surface area contributed by atoms with Crippen LogP contribution in [0.25, 0.3) is 0 Å².